The smallest absolute Gasteiger partial charge is 0.0134 e. The molecule has 0 aliphatic heterocycles. The van der Waals surface area contributed by atoms with Crippen LogP contribution in [0.3, 0.4) is 0 Å². The summed E-state index contributed by atoms with van der Waals surface area (Å²) in [6.07, 6.45) is 9.84. The maximum Gasteiger partial charge on any atom is 0.0134 e. The van der Waals surface area contributed by atoms with Crippen molar-refractivity contribution >= 4 is 11.8 Å². The number of hydrogen-bond acceptors (Lipinski definition) is 1. The second-order valence-electron chi connectivity index (χ2n) is 8.22. The molecule has 0 radical (unpaired) electrons. The minimum atomic E-state index is 0.292. The zero-order valence-corrected chi connectivity index (χ0v) is 17.2. The fourth-order valence-electron chi connectivity index (χ4n) is 3.82. The lowest BCUT2D eigenvalue weighted by Crippen LogP contribution is -2.10. The Morgan fingerprint density at radius 3 is 2.30 bits per heavy atom. The van der Waals surface area contributed by atoms with Crippen LogP contribution in [0.5, 0.6) is 0 Å². The predicted octanol–water partition coefficient (Wildman–Crippen LogP) is 7.60. The highest BCUT2D eigenvalue weighted by atomic mass is 32.2. The lowest BCUT2D eigenvalue weighted by molar-refractivity contribution is 0.665. The van der Waals surface area contributed by atoms with Crippen molar-refractivity contribution in [2.45, 2.75) is 85.8 Å². The molecule has 2 aliphatic rings. The van der Waals surface area contributed by atoms with E-state index in [1.54, 1.807) is 16.7 Å². The predicted molar refractivity (Wildman–Crippen MR) is 107 cm³/mol. The van der Waals surface area contributed by atoms with E-state index in [1.165, 1.54) is 41.7 Å². The van der Waals surface area contributed by atoms with Gasteiger partial charge < -0.3 is 0 Å². The molecule has 0 amide bonds. The third-order valence-electron chi connectivity index (χ3n) is 5.37. The third-order valence-corrected chi connectivity index (χ3v) is 6.67. The zero-order valence-electron chi connectivity index (χ0n) is 16.4. The molecule has 0 nitrogen and oxygen atoms in total. The van der Waals surface area contributed by atoms with Crippen LogP contribution in [0.25, 0.3) is 0 Å². The van der Waals surface area contributed by atoms with E-state index in [2.05, 4.69) is 67.5 Å². The summed E-state index contributed by atoms with van der Waals surface area (Å²) < 4.78 is 0.292. The van der Waals surface area contributed by atoms with Gasteiger partial charge in [0, 0.05) is 15.1 Å². The fraction of sp³-hybridized carbons (Fsp3) is 0.636. The Hall–Kier alpha value is -0.690. The molecule has 0 saturated heterocycles. The molecule has 0 heterocycles. The van der Waals surface area contributed by atoms with Crippen LogP contribution in [0.4, 0.5) is 0 Å². The molecule has 128 valence electrons. The van der Waals surface area contributed by atoms with Gasteiger partial charge in [0.05, 0.1) is 0 Å². The van der Waals surface area contributed by atoms with E-state index in [0.717, 1.165) is 0 Å². The summed E-state index contributed by atoms with van der Waals surface area (Å²) in [5.74, 6) is 0. The minimum absolute atomic E-state index is 0.292. The van der Waals surface area contributed by atoms with Crippen LogP contribution >= 0.6 is 11.8 Å². The van der Waals surface area contributed by atoms with Crippen LogP contribution in [-0.2, 0) is 0 Å². The van der Waals surface area contributed by atoms with Crippen molar-refractivity contribution in [1.82, 2.24) is 0 Å². The van der Waals surface area contributed by atoms with Crippen molar-refractivity contribution in [3.8, 4) is 0 Å². The van der Waals surface area contributed by atoms with Crippen molar-refractivity contribution in [1.29, 1.82) is 0 Å². The Morgan fingerprint density at radius 2 is 1.87 bits per heavy atom. The molecule has 0 aromatic heterocycles. The molecule has 0 aromatic carbocycles. The summed E-state index contributed by atoms with van der Waals surface area (Å²) >= 11 is 2.03. The van der Waals surface area contributed by atoms with Crippen LogP contribution in [0, 0.1) is 5.41 Å². The van der Waals surface area contributed by atoms with Crippen LogP contribution in [0.1, 0.15) is 81.1 Å². The average molecular weight is 331 g/mol. The molecule has 0 unspecified atom stereocenters. The Kier molecular flexibility index (Phi) is 5.41. The fourth-order valence-corrected chi connectivity index (χ4v) is 4.93. The van der Waals surface area contributed by atoms with Crippen molar-refractivity contribution in [3.05, 3.63) is 44.9 Å². The van der Waals surface area contributed by atoms with Crippen LogP contribution in [0.2, 0.25) is 0 Å². The number of allylic oxidation sites excluding steroid dienone is 7. The molecule has 0 N–H and O–H groups in total. The standard InChI is InChI=1S/C22H34S/c1-9-15(3)17(5)19(10-2)22(11-12-22)18-13-16(4)20(14-18)23-21(6,7)8/h9,14H,10-13H2,1-8H3/b15-9-,19-17-. The van der Waals surface area contributed by atoms with E-state index in [9.17, 15) is 0 Å². The van der Waals surface area contributed by atoms with Crippen molar-refractivity contribution < 1.29 is 0 Å². The minimum Gasteiger partial charge on any atom is -0.120 e. The topological polar surface area (TPSA) is 0 Å². The Morgan fingerprint density at radius 1 is 1.26 bits per heavy atom. The Labute approximate surface area is 148 Å². The van der Waals surface area contributed by atoms with Crippen LogP contribution in [0.15, 0.2) is 44.9 Å². The van der Waals surface area contributed by atoms with Gasteiger partial charge in [-0.05, 0) is 65.0 Å². The highest BCUT2D eigenvalue weighted by Gasteiger charge is 2.49. The van der Waals surface area contributed by atoms with Crippen molar-refractivity contribution in [2.75, 3.05) is 0 Å². The van der Waals surface area contributed by atoms with Crippen molar-refractivity contribution in [2.24, 2.45) is 5.41 Å². The maximum absolute atomic E-state index is 2.53. The van der Waals surface area contributed by atoms with E-state index in [4.69, 9.17) is 0 Å². The van der Waals surface area contributed by atoms with Gasteiger partial charge in [0.25, 0.3) is 0 Å². The summed E-state index contributed by atoms with van der Waals surface area (Å²) in [5.41, 5.74) is 8.30. The van der Waals surface area contributed by atoms with Gasteiger partial charge >= 0.3 is 0 Å². The van der Waals surface area contributed by atoms with Gasteiger partial charge in [0.2, 0.25) is 0 Å². The molecule has 23 heavy (non-hydrogen) atoms. The van der Waals surface area contributed by atoms with Gasteiger partial charge in [-0.25, -0.2) is 0 Å². The Bertz CT molecular complexity index is 598. The number of thioether (sulfide) groups is 1. The first-order valence-corrected chi connectivity index (χ1v) is 9.89. The highest BCUT2D eigenvalue weighted by molar-refractivity contribution is 8.04. The summed E-state index contributed by atoms with van der Waals surface area (Å²) in [6, 6.07) is 0. The first-order valence-electron chi connectivity index (χ1n) is 9.08. The largest absolute Gasteiger partial charge is 0.120 e. The molecular formula is C22H34S. The molecule has 2 aliphatic carbocycles. The molecule has 1 saturated carbocycles. The normalized spacial score (nSPS) is 22.3. The number of rotatable bonds is 5. The van der Waals surface area contributed by atoms with Crippen LogP contribution in [-0.4, -0.2) is 4.75 Å². The van der Waals surface area contributed by atoms with E-state index < -0.39 is 0 Å². The zero-order chi connectivity index (χ0) is 17.4. The van der Waals surface area contributed by atoms with E-state index in [-0.39, 0.29) is 0 Å². The second-order valence-corrected chi connectivity index (χ2v) is 10.1. The van der Waals surface area contributed by atoms with Gasteiger partial charge in [-0.2, -0.15) is 0 Å². The van der Waals surface area contributed by atoms with Gasteiger partial charge in [0.15, 0.2) is 0 Å². The lowest BCUT2D eigenvalue weighted by atomic mass is 9.80. The molecule has 1 heteroatoms. The second kappa shape index (κ2) is 6.67. The van der Waals surface area contributed by atoms with E-state index in [0.29, 0.717) is 10.2 Å². The summed E-state index contributed by atoms with van der Waals surface area (Å²) in [7, 11) is 0. The van der Waals surface area contributed by atoms with E-state index in [1.807, 2.05) is 11.8 Å². The Balaban J connectivity index is 2.34. The summed E-state index contributed by atoms with van der Waals surface area (Å²) in [5, 5.41) is 0. The van der Waals surface area contributed by atoms with Gasteiger partial charge in [-0.15, -0.1) is 11.8 Å². The van der Waals surface area contributed by atoms with Crippen LogP contribution < -0.4 is 0 Å². The van der Waals surface area contributed by atoms with Gasteiger partial charge in [0.1, 0.15) is 0 Å². The molecule has 0 spiro atoms. The highest BCUT2D eigenvalue weighted by Crippen LogP contribution is 2.62. The summed E-state index contributed by atoms with van der Waals surface area (Å²) in [4.78, 5) is 1.52. The number of hydrogen-bond donors (Lipinski definition) is 0. The molecule has 0 bridgehead atoms. The SMILES string of the molecule is C/C=C(C)\C(C)=C(\CC)C1(C2=CC(SC(C)(C)C)=C(C)C2)CC1. The molecule has 0 atom stereocenters. The maximum atomic E-state index is 2.53. The van der Waals surface area contributed by atoms with Gasteiger partial charge in [-0.3, -0.25) is 0 Å². The summed E-state index contributed by atoms with van der Waals surface area (Å²) in [6.45, 7) is 18.3. The lowest BCUT2D eigenvalue weighted by Gasteiger charge is -2.24. The molecule has 1 fully saturated rings. The first kappa shape index (κ1) is 18.6. The molecular weight excluding hydrogens is 296 g/mol. The monoisotopic (exact) mass is 330 g/mol. The average Bonchev–Trinajstić information content (AvgIpc) is 3.18. The quantitative estimate of drug-likeness (QED) is 0.468. The molecule has 2 rings (SSSR count). The van der Waals surface area contributed by atoms with Crippen molar-refractivity contribution in [3.63, 3.8) is 0 Å². The third kappa shape index (κ3) is 3.87. The first-order chi connectivity index (χ1) is 10.6. The van der Waals surface area contributed by atoms with E-state index >= 15 is 0 Å². The van der Waals surface area contributed by atoms with Gasteiger partial charge in [-0.1, -0.05) is 56.1 Å². The molecule has 0 aromatic rings.